The van der Waals surface area contributed by atoms with Gasteiger partial charge in [0, 0.05) is 19.3 Å². The van der Waals surface area contributed by atoms with E-state index in [4.69, 9.17) is 15.3 Å². The molecule has 0 saturated heterocycles. The Hall–Kier alpha value is -3.74. The van der Waals surface area contributed by atoms with Crippen molar-refractivity contribution in [3.63, 3.8) is 0 Å². The molecule has 0 radical (unpaired) electrons. The number of nitrogens with one attached hydrogen (secondary N) is 1. The summed E-state index contributed by atoms with van der Waals surface area (Å²) in [4.78, 5) is 48.0. The van der Waals surface area contributed by atoms with Gasteiger partial charge in [0.05, 0.1) is 19.6 Å². The Labute approximate surface area is 202 Å². The summed E-state index contributed by atoms with van der Waals surface area (Å²) in [5.41, 5.74) is 6.14. The molecule has 12 nitrogen and oxygen atoms in total. The number of nitrogens with zero attached hydrogens (tertiary/aromatic N) is 5. The van der Waals surface area contributed by atoms with E-state index in [1.807, 2.05) is 6.07 Å². The maximum Gasteiger partial charge on any atom is 0.339 e. The number of rotatable bonds is 9. The van der Waals surface area contributed by atoms with Gasteiger partial charge in [0.25, 0.3) is 0 Å². The van der Waals surface area contributed by atoms with Gasteiger partial charge in [-0.3, -0.25) is 9.36 Å². The van der Waals surface area contributed by atoms with Crippen LogP contribution in [0.1, 0.15) is 32.3 Å². The van der Waals surface area contributed by atoms with Crippen LogP contribution < -0.4 is 11.4 Å². The van der Waals surface area contributed by atoms with E-state index in [9.17, 15) is 18.6 Å². The topological polar surface area (TPSA) is 166 Å². The fraction of sp³-hybridized carbons (Fsp3) is 0.409. The number of anilines is 1. The van der Waals surface area contributed by atoms with Crippen LogP contribution in [0.2, 0.25) is 0 Å². The average Bonchev–Trinajstić information content (AvgIpc) is 3.09. The summed E-state index contributed by atoms with van der Waals surface area (Å²) in [7, 11) is -1.91. The number of nitrogen functional groups attached to an aromatic ring is 1. The fourth-order valence-electron chi connectivity index (χ4n) is 3.52. The van der Waals surface area contributed by atoms with Gasteiger partial charge < -0.3 is 15.4 Å². The first-order valence-electron chi connectivity index (χ1n) is 11.1. The second-order valence-electron chi connectivity index (χ2n) is 7.89. The summed E-state index contributed by atoms with van der Waals surface area (Å²) in [6.07, 6.45) is 0.409. The molecule has 3 rings (SSSR count). The Morgan fingerprint density at radius 3 is 2.51 bits per heavy atom. The molecule has 0 aliphatic rings. The number of hydrogen-bond donors (Lipinski definition) is 2. The molecule has 1 atom stereocenters. The molecule has 3 N–H and O–H groups in total. The number of benzene rings is 1. The van der Waals surface area contributed by atoms with Gasteiger partial charge in [-0.1, -0.05) is 37.3 Å². The second kappa shape index (κ2) is 10.7. The van der Waals surface area contributed by atoms with Crippen LogP contribution in [0.5, 0.6) is 0 Å². The number of carbonyl (C=O) groups is 2. The van der Waals surface area contributed by atoms with Gasteiger partial charge in [0.1, 0.15) is 15.2 Å². The van der Waals surface area contributed by atoms with E-state index >= 15 is 0 Å². The van der Waals surface area contributed by atoms with Gasteiger partial charge in [-0.25, -0.2) is 28.1 Å². The molecule has 2 aromatic heterocycles. The van der Waals surface area contributed by atoms with E-state index in [0.29, 0.717) is 6.42 Å². The summed E-state index contributed by atoms with van der Waals surface area (Å²) < 4.78 is 28.0. The Bertz CT molecular complexity index is 1400. The number of amides is 1. The molecule has 0 saturated carbocycles. The summed E-state index contributed by atoms with van der Waals surface area (Å²) in [6.45, 7) is 3.75. The van der Waals surface area contributed by atoms with Crippen LogP contribution in [-0.2, 0) is 25.8 Å². The van der Waals surface area contributed by atoms with Crippen LogP contribution in [0, 0.1) is 4.78 Å². The smallest absolute Gasteiger partial charge is 0.339 e. The molecular formula is C22H29N7O5S. The molecule has 2 heterocycles. The molecule has 188 valence electrons. The molecule has 0 fully saturated rings. The van der Waals surface area contributed by atoms with E-state index in [-0.39, 0.29) is 54.0 Å². The van der Waals surface area contributed by atoms with E-state index in [2.05, 4.69) is 9.97 Å². The molecule has 35 heavy (non-hydrogen) atoms. The van der Waals surface area contributed by atoms with Crippen molar-refractivity contribution in [1.82, 2.24) is 24.0 Å². The quantitative estimate of drug-likeness (QED) is 0.330. The minimum absolute atomic E-state index is 0.00424. The van der Waals surface area contributed by atoms with Crippen molar-refractivity contribution in [2.24, 2.45) is 0 Å². The van der Waals surface area contributed by atoms with E-state index in [0.717, 1.165) is 10.1 Å². The average molecular weight is 504 g/mol. The molecule has 13 heteroatoms. The maximum absolute atomic E-state index is 13.5. The highest BCUT2D eigenvalue weighted by molar-refractivity contribution is 7.92. The lowest BCUT2D eigenvalue weighted by Gasteiger charge is -2.17. The van der Waals surface area contributed by atoms with Crippen molar-refractivity contribution < 1.29 is 18.5 Å². The predicted molar refractivity (Wildman–Crippen MR) is 131 cm³/mol. The Morgan fingerprint density at radius 2 is 1.89 bits per heavy atom. The number of fused-ring (bicyclic) bond motifs is 1. The highest BCUT2D eigenvalue weighted by atomic mass is 32.2. The highest BCUT2D eigenvalue weighted by Gasteiger charge is 2.27. The largest absolute Gasteiger partial charge is 0.466 e. The third kappa shape index (κ3) is 5.50. The van der Waals surface area contributed by atoms with Crippen molar-refractivity contribution >= 4 is 38.7 Å². The SMILES string of the molecule is CCCS(=N)(=O)c1nc(N)c2c(n1)n(Cc1ccccc1)c(=O)n2C(=O)N(C)CCC(=O)OCC. The Morgan fingerprint density at radius 1 is 1.20 bits per heavy atom. The van der Waals surface area contributed by atoms with Crippen LogP contribution >= 0.6 is 0 Å². The van der Waals surface area contributed by atoms with Gasteiger partial charge in [-0.05, 0) is 18.9 Å². The van der Waals surface area contributed by atoms with Crippen molar-refractivity contribution in [2.75, 3.05) is 31.7 Å². The zero-order chi connectivity index (χ0) is 25.8. The summed E-state index contributed by atoms with van der Waals surface area (Å²) in [6, 6.07) is 8.31. The zero-order valence-electron chi connectivity index (χ0n) is 19.9. The Kier molecular flexibility index (Phi) is 7.89. The lowest BCUT2D eigenvalue weighted by atomic mass is 10.2. The van der Waals surface area contributed by atoms with Gasteiger partial charge >= 0.3 is 17.7 Å². The summed E-state index contributed by atoms with van der Waals surface area (Å²) in [5.74, 6) is -0.686. The number of ether oxygens (including phenoxy) is 1. The molecule has 1 aromatic carbocycles. The number of imidazole rings is 1. The molecule has 1 unspecified atom stereocenters. The van der Waals surface area contributed by atoms with E-state index in [1.165, 1.54) is 16.5 Å². The molecule has 0 spiro atoms. The number of carbonyl (C=O) groups excluding carboxylic acids is 2. The number of aromatic nitrogens is 4. The first-order chi connectivity index (χ1) is 16.6. The molecular weight excluding hydrogens is 474 g/mol. The third-order valence-electron chi connectivity index (χ3n) is 5.22. The van der Waals surface area contributed by atoms with Crippen molar-refractivity contribution in [3.05, 3.63) is 46.4 Å². The minimum atomic E-state index is -3.35. The number of nitrogens with two attached hydrogens (primary N) is 1. The first-order valence-corrected chi connectivity index (χ1v) is 12.8. The van der Waals surface area contributed by atoms with E-state index < -0.39 is 27.4 Å². The maximum atomic E-state index is 13.5. The molecule has 0 aliphatic heterocycles. The molecule has 1 amide bonds. The van der Waals surface area contributed by atoms with Gasteiger partial charge in [-0.15, -0.1) is 0 Å². The highest BCUT2D eigenvalue weighted by Crippen LogP contribution is 2.22. The minimum Gasteiger partial charge on any atom is -0.466 e. The van der Waals surface area contributed by atoms with Gasteiger partial charge in [0.2, 0.25) is 5.16 Å². The van der Waals surface area contributed by atoms with Crippen molar-refractivity contribution in [2.45, 2.75) is 38.4 Å². The van der Waals surface area contributed by atoms with Crippen molar-refractivity contribution in [3.8, 4) is 0 Å². The lowest BCUT2D eigenvalue weighted by Crippen LogP contribution is -2.39. The summed E-state index contributed by atoms with van der Waals surface area (Å²) >= 11 is 0. The van der Waals surface area contributed by atoms with E-state index in [1.54, 1.807) is 38.1 Å². The standard InChI is InChI=1S/C22H29N7O5S/c1-4-13-35(24,33)20-25-18(23)17-19(26-20)28(14-15-9-7-6-8-10-15)22(32)29(17)21(31)27(3)12-11-16(30)34-5-2/h6-10,24H,4-5,11-14H2,1-3H3,(H2,23,25,26). The molecule has 0 aliphatic carbocycles. The summed E-state index contributed by atoms with van der Waals surface area (Å²) in [5, 5.41) is -0.286. The van der Waals surface area contributed by atoms with Crippen molar-refractivity contribution in [1.29, 1.82) is 4.78 Å². The van der Waals surface area contributed by atoms with Crippen LogP contribution in [0.3, 0.4) is 0 Å². The first kappa shape index (κ1) is 25.9. The van der Waals surface area contributed by atoms with Gasteiger partial charge in [-0.2, -0.15) is 4.98 Å². The zero-order valence-corrected chi connectivity index (χ0v) is 20.7. The lowest BCUT2D eigenvalue weighted by molar-refractivity contribution is -0.143. The van der Waals surface area contributed by atoms with Crippen LogP contribution in [0.25, 0.3) is 11.2 Å². The number of hydrogen-bond acceptors (Lipinski definition) is 9. The second-order valence-corrected chi connectivity index (χ2v) is 10.0. The molecule has 3 aromatic rings. The Balaban J connectivity index is 2.16. The molecule has 0 bridgehead atoms. The predicted octanol–water partition coefficient (Wildman–Crippen LogP) is 1.89. The van der Waals surface area contributed by atoms with Crippen LogP contribution in [0.4, 0.5) is 10.6 Å². The third-order valence-corrected chi connectivity index (χ3v) is 6.97. The fourth-order valence-corrected chi connectivity index (χ4v) is 4.76. The van der Waals surface area contributed by atoms with Gasteiger partial charge in [0.15, 0.2) is 11.5 Å². The monoisotopic (exact) mass is 503 g/mol. The number of esters is 1. The normalized spacial score (nSPS) is 12.9. The van der Waals surface area contributed by atoms with Crippen LogP contribution in [-0.4, -0.2) is 66.2 Å². The van der Waals surface area contributed by atoms with Crippen LogP contribution in [0.15, 0.2) is 40.3 Å².